The first-order valence-corrected chi connectivity index (χ1v) is 7.71. The van der Waals surface area contributed by atoms with Crippen molar-refractivity contribution in [2.45, 2.75) is 0 Å². The number of rotatable bonds is 4. The summed E-state index contributed by atoms with van der Waals surface area (Å²) < 4.78 is 7.16. The molecule has 0 aliphatic carbocycles. The molecule has 3 heterocycles. The zero-order valence-corrected chi connectivity index (χ0v) is 13.5. The predicted octanol–water partition coefficient (Wildman–Crippen LogP) is 3.13. The maximum atomic E-state index is 5.86. The highest BCUT2D eigenvalue weighted by molar-refractivity contribution is 5.78. The number of nitrogens with two attached hydrogens (primary N) is 1. The van der Waals surface area contributed by atoms with Crippen molar-refractivity contribution in [1.82, 2.24) is 19.6 Å². The lowest BCUT2D eigenvalue weighted by molar-refractivity contribution is 0.417. The number of ether oxygens (including phenoxy) is 1. The summed E-state index contributed by atoms with van der Waals surface area (Å²) in [4.78, 5) is 8.88. The SMILES string of the molecule is COc1ccc(N)cc1Nc1nccc(-c2cnn3ccccc23)n1. The van der Waals surface area contributed by atoms with Gasteiger partial charge in [-0.3, -0.25) is 0 Å². The van der Waals surface area contributed by atoms with Gasteiger partial charge in [0.2, 0.25) is 5.95 Å². The summed E-state index contributed by atoms with van der Waals surface area (Å²) in [6.45, 7) is 0. The Morgan fingerprint density at radius 3 is 2.96 bits per heavy atom. The predicted molar refractivity (Wildman–Crippen MR) is 96.9 cm³/mol. The average molecular weight is 332 g/mol. The smallest absolute Gasteiger partial charge is 0.227 e. The molecule has 0 radical (unpaired) electrons. The Morgan fingerprint density at radius 2 is 2.08 bits per heavy atom. The van der Waals surface area contributed by atoms with E-state index in [2.05, 4.69) is 20.4 Å². The summed E-state index contributed by atoms with van der Waals surface area (Å²) in [7, 11) is 1.60. The van der Waals surface area contributed by atoms with Crippen LogP contribution >= 0.6 is 0 Å². The highest BCUT2D eigenvalue weighted by Crippen LogP contribution is 2.29. The van der Waals surface area contributed by atoms with Gasteiger partial charge >= 0.3 is 0 Å². The van der Waals surface area contributed by atoms with Gasteiger partial charge < -0.3 is 15.8 Å². The van der Waals surface area contributed by atoms with Gasteiger partial charge in [-0.1, -0.05) is 6.07 Å². The lowest BCUT2D eigenvalue weighted by atomic mass is 10.2. The molecule has 7 nitrogen and oxygen atoms in total. The molecule has 0 aliphatic heterocycles. The van der Waals surface area contributed by atoms with E-state index in [0.717, 1.165) is 16.8 Å². The summed E-state index contributed by atoms with van der Waals surface area (Å²) >= 11 is 0. The monoisotopic (exact) mass is 332 g/mol. The van der Waals surface area contributed by atoms with E-state index in [4.69, 9.17) is 10.5 Å². The molecule has 4 rings (SSSR count). The number of anilines is 3. The van der Waals surface area contributed by atoms with Crippen molar-refractivity contribution in [3.8, 4) is 17.0 Å². The zero-order valence-electron chi connectivity index (χ0n) is 13.5. The molecule has 0 saturated heterocycles. The number of fused-ring (bicyclic) bond motifs is 1. The van der Waals surface area contributed by atoms with E-state index in [0.29, 0.717) is 23.1 Å². The molecule has 0 saturated carbocycles. The van der Waals surface area contributed by atoms with Crippen LogP contribution < -0.4 is 15.8 Å². The van der Waals surface area contributed by atoms with Crippen LogP contribution in [0.3, 0.4) is 0 Å². The van der Waals surface area contributed by atoms with E-state index < -0.39 is 0 Å². The molecule has 124 valence electrons. The van der Waals surface area contributed by atoms with Gasteiger partial charge in [0.05, 0.1) is 30.2 Å². The largest absolute Gasteiger partial charge is 0.495 e. The number of methoxy groups -OCH3 is 1. The Hall–Kier alpha value is -3.61. The van der Waals surface area contributed by atoms with Gasteiger partial charge in [-0.15, -0.1) is 0 Å². The minimum atomic E-state index is 0.455. The molecule has 0 fully saturated rings. The molecule has 3 aromatic heterocycles. The van der Waals surface area contributed by atoms with E-state index in [1.165, 1.54) is 0 Å². The van der Waals surface area contributed by atoms with Crippen LogP contribution in [-0.4, -0.2) is 26.7 Å². The number of hydrogen-bond donors (Lipinski definition) is 2. The van der Waals surface area contributed by atoms with E-state index in [1.807, 2.05) is 35.0 Å². The second-order valence-electron chi connectivity index (χ2n) is 5.44. The van der Waals surface area contributed by atoms with Crippen molar-refractivity contribution in [2.24, 2.45) is 0 Å². The van der Waals surface area contributed by atoms with Gasteiger partial charge in [0.25, 0.3) is 0 Å². The minimum absolute atomic E-state index is 0.455. The van der Waals surface area contributed by atoms with Crippen LogP contribution in [0.5, 0.6) is 5.75 Å². The lowest BCUT2D eigenvalue weighted by Crippen LogP contribution is -2.00. The maximum Gasteiger partial charge on any atom is 0.227 e. The first-order chi connectivity index (χ1) is 12.2. The molecule has 0 unspecified atom stereocenters. The molecule has 0 amide bonds. The fraction of sp³-hybridized carbons (Fsp3) is 0.0556. The summed E-state index contributed by atoms with van der Waals surface area (Å²) in [6, 6.07) is 13.1. The first kappa shape index (κ1) is 14.9. The molecule has 0 spiro atoms. The van der Waals surface area contributed by atoms with Crippen LogP contribution in [0.4, 0.5) is 17.3 Å². The number of hydrogen-bond acceptors (Lipinski definition) is 6. The summed E-state index contributed by atoms with van der Waals surface area (Å²) in [6.07, 6.45) is 5.40. The van der Waals surface area contributed by atoms with Crippen LogP contribution in [0.25, 0.3) is 16.8 Å². The first-order valence-electron chi connectivity index (χ1n) is 7.71. The molecule has 0 aliphatic rings. The topological polar surface area (TPSA) is 90.4 Å². The lowest BCUT2D eigenvalue weighted by Gasteiger charge is -2.11. The van der Waals surface area contributed by atoms with Gasteiger partial charge in [0.1, 0.15) is 5.75 Å². The Morgan fingerprint density at radius 1 is 1.16 bits per heavy atom. The minimum Gasteiger partial charge on any atom is -0.495 e. The van der Waals surface area contributed by atoms with E-state index >= 15 is 0 Å². The Labute approximate surface area is 144 Å². The zero-order chi connectivity index (χ0) is 17.2. The van der Waals surface area contributed by atoms with E-state index in [1.54, 1.807) is 37.7 Å². The van der Waals surface area contributed by atoms with Gasteiger partial charge in [0, 0.05) is 23.6 Å². The van der Waals surface area contributed by atoms with Crippen LogP contribution in [0.2, 0.25) is 0 Å². The number of benzene rings is 1. The maximum absolute atomic E-state index is 5.86. The Bertz CT molecular complexity index is 1040. The van der Waals surface area contributed by atoms with Crippen LogP contribution in [0.15, 0.2) is 61.1 Å². The molecule has 4 aromatic rings. The Kier molecular flexibility index (Phi) is 3.66. The highest BCUT2D eigenvalue weighted by atomic mass is 16.5. The number of aromatic nitrogens is 4. The normalized spacial score (nSPS) is 10.8. The van der Waals surface area contributed by atoms with Crippen molar-refractivity contribution < 1.29 is 4.74 Å². The molecule has 1 aromatic carbocycles. The van der Waals surface area contributed by atoms with Crippen molar-refractivity contribution in [3.05, 3.63) is 61.1 Å². The molecule has 0 bridgehead atoms. The third-order valence-electron chi connectivity index (χ3n) is 3.83. The van der Waals surface area contributed by atoms with Gasteiger partial charge in [-0.2, -0.15) is 5.10 Å². The summed E-state index contributed by atoms with van der Waals surface area (Å²) in [5, 5.41) is 7.51. The third-order valence-corrected chi connectivity index (χ3v) is 3.83. The number of nitrogen functional groups attached to an aromatic ring is 1. The van der Waals surface area contributed by atoms with Crippen LogP contribution in [0, 0.1) is 0 Å². The molecule has 3 N–H and O–H groups in total. The van der Waals surface area contributed by atoms with Crippen molar-refractivity contribution in [1.29, 1.82) is 0 Å². The van der Waals surface area contributed by atoms with Gasteiger partial charge in [0.15, 0.2) is 0 Å². The second-order valence-corrected chi connectivity index (χ2v) is 5.44. The molecular formula is C18H16N6O. The molecule has 25 heavy (non-hydrogen) atoms. The van der Waals surface area contributed by atoms with Crippen LogP contribution in [0.1, 0.15) is 0 Å². The standard InChI is InChI=1S/C18H16N6O/c1-25-17-6-5-12(19)10-15(17)23-18-20-8-7-14(22-18)13-11-21-24-9-3-2-4-16(13)24/h2-11H,19H2,1H3,(H,20,22,23). The average Bonchev–Trinajstić information content (AvgIpc) is 3.06. The Balaban J connectivity index is 1.72. The van der Waals surface area contributed by atoms with Crippen molar-refractivity contribution in [2.75, 3.05) is 18.2 Å². The third kappa shape index (κ3) is 2.83. The van der Waals surface area contributed by atoms with Gasteiger partial charge in [-0.05, 0) is 36.4 Å². The van der Waals surface area contributed by atoms with E-state index in [9.17, 15) is 0 Å². The number of nitrogens with one attached hydrogen (secondary N) is 1. The summed E-state index contributed by atoms with van der Waals surface area (Å²) in [5.74, 6) is 1.12. The molecular weight excluding hydrogens is 316 g/mol. The summed E-state index contributed by atoms with van der Waals surface area (Å²) in [5.41, 5.74) is 9.89. The van der Waals surface area contributed by atoms with Crippen LogP contribution in [-0.2, 0) is 0 Å². The molecule has 7 heteroatoms. The van der Waals surface area contributed by atoms with Crippen molar-refractivity contribution in [3.63, 3.8) is 0 Å². The number of pyridine rings is 1. The highest BCUT2D eigenvalue weighted by Gasteiger charge is 2.10. The fourth-order valence-corrected chi connectivity index (χ4v) is 2.64. The van der Waals surface area contributed by atoms with Gasteiger partial charge in [-0.25, -0.2) is 14.5 Å². The van der Waals surface area contributed by atoms with Crippen molar-refractivity contribution >= 4 is 22.8 Å². The number of nitrogens with zero attached hydrogens (tertiary/aromatic N) is 4. The van der Waals surface area contributed by atoms with E-state index in [-0.39, 0.29) is 0 Å². The fourth-order valence-electron chi connectivity index (χ4n) is 2.64. The quantitative estimate of drug-likeness (QED) is 0.558. The molecule has 0 atom stereocenters. The second kappa shape index (κ2) is 6.12.